The summed E-state index contributed by atoms with van der Waals surface area (Å²) in [7, 11) is 15.3. The Morgan fingerprint density at radius 3 is 2.00 bits per heavy atom. The van der Waals surface area contributed by atoms with Gasteiger partial charge in [-0.1, -0.05) is 38.8 Å². The highest BCUT2D eigenvalue weighted by Gasteiger charge is 2.51. The molecule has 0 radical (unpaired) electrons. The van der Waals surface area contributed by atoms with E-state index in [9.17, 15) is 9.59 Å². The highest BCUT2D eigenvalue weighted by Crippen LogP contribution is 2.46. The maximum Gasteiger partial charge on any atom is 0.336 e. The maximum atomic E-state index is 11.5. The van der Waals surface area contributed by atoms with Gasteiger partial charge in [-0.05, 0) is 31.6 Å². The zero-order chi connectivity index (χ0) is 30.8. The molecule has 0 amide bonds. The van der Waals surface area contributed by atoms with Crippen LogP contribution in [0.2, 0.25) is 0 Å². The highest BCUT2D eigenvalue weighted by molar-refractivity contribution is 7.92. The lowest BCUT2D eigenvalue weighted by Crippen LogP contribution is -2.27. The molecule has 16 heteroatoms. The van der Waals surface area contributed by atoms with Gasteiger partial charge in [-0.2, -0.15) is 0 Å². The summed E-state index contributed by atoms with van der Waals surface area (Å²) in [6.45, 7) is 4.31. The fourth-order valence-corrected chi connectivity index (χ4v) is 8.26. The van der Waals surface area contributed by atoms with E-state index < -0.39 is 0 Å². The largest absolute Gasteiger partial charge is 0.462 e. The van der Waals surface area contributed by atoms with Gasteiger partial charge in [0.1, 0.15) is 12.2 Å². The molecule has 0 bridgehead atoms. The van der Waals surface area contributed by atoms with Crippen LogP contribution in [-0.2, 0) is 37.4 Å². The summed E-state index contributed by atoms with van der Waals surface area (Å²) in [5, 5.41) is 0. The van der Waals surface area contributed by atoms with E-state index in [4.69, 9.17) is 27.8 Å². The van der Waals surface area contributed by atoms with E-state index in [1.54, 1.807) is 0 Å². The smallest absolute Gasteiger partial charge is 0.336 e. The molecule has 16 atom stereocenters. The van der Waals surface area contributed by atoms with Crippen LogP contribution in [0.5, 0.6) is 0 Å². The Labute approximate surface area is 270 Å². The van der Waals surface area contributed by atoms with E-state index in [0.29, 0.717) is 24.7 Å². The third kappa shape index (κ3) is 11.2. The van der Waals surface area contributed by atoms with Crippen molar-refractivity contribution in [3.05, 3.63) is 12.2 Å². The van der Waals surface area contributed by atoms with Crippen LogP contribution >= 0.6 is 55.4 Å². The number of rotatable bonds is 15. The predicted molar refractivity (Wildman–Crippen MR) is 194 cm³/mol. The van der Waals surface area contributed by atoms with Crippen molar-refractivity contribution in [2.24, 2.45) is 23.7 Å². The van der Waals surface area contributed by atoms with E-state index in [2.05, 4.69) is 81.4 Å². The van der Waals surface area contributed by atoms with E-state index in [1.165, 1.54) is 0 Å². The molecule has 0 aromatic rings. The van der Waals surface area contributed by atoms with Crippen molar-refractivity contribution in [2.75, 3.05) is 0 Å². The van der Waals surface area contributed by atoms with Crippen molar-refractivity contribution >= 4 is 80.1 Å². The Balaban J connectivity index is 0.000000421. The molecule has 42 heavy (non-hydrogen) atoms. The molecular weight excluding hydrogens is 648 g/mol. The van der Waals surface area contributed by atoms with Crippen LogP contribution in [0.1, 0.15) is 80.9 Å². The second-order valence-corrected chi connectivity index (χ2v) is 16.5. The second-order valence-electron chi connectivity index (χ2n) is 11.8. The normalized spacial score (nSPS) is 33.0. The lowest BCUT2D eigenvalue weighted by Gasteiger charge is -2.26. The summed E-state index contributed by atoms with van der Waals surface area (Å²) < 4.78 is 33.7. The minimum absolute atomic E-state index is 0. The molecule has 2 heterocycles. The number of carbonyl (C=O) groups excluding carboxylic acids is 2. The van der Waals surface area contributed by atoms with Gasteiger partial charge in [0, 0.05) is 58.5 Å². The first-order chi connectivity index (χ1) is 20.1. The molecule has 0 N–H and O–H groups in total. The Bertz CT molecular complexity index is 901. The molecule has 2 aliphatic heterocycles. The first-order valence-electron chi connectivity index (χ1n) is 15.2. The molecule has 2 saturated heterocycles. The number of ether oxygens (including phenoxy) is 2. The molecule has 0 aromatic carbocycles. The summed E-state index contributed by atoms with van der Waals surface area (Å²) in [6, 6.07) is 0. The molecule has 8 nitrogen and oxygen atoms in total. The van der Waals surface area contributed by atoms with Crippen LogP contribution in [0.25, 0.3) is 0 Å². The fraction of sp³-hybridized carbons (Fsp3) is 0.846. The molecule has 2 saturated carbocycles. The zero-order valence-corrected chi connectivity index (χ0v) is 31.8. The molecule has 6 unspecified atom stereocenters. The van der Waals surface area contributed by atoms with E-state index in [0.717, 1.165) is 51.4 Å². The molecule has 242 valence electrons. The predicted octanol–water partition coefficient (Wildman–Crippen LogP) is 5.90. The fourth-order valence-electron chi connectivity index (χ4n) is 6.95. The van der Waals surface area contributed by atoms with Crippen molar-refractivity contribution in [3.63, 3.8) is 0 Å². The first-order valence-corrected chi connectivity index (χ1v) is 18.8. The molecule has 4 fully saturated rings. The van der Waals surface area contributed by atoms with Crippen LogP contribution < -0.4 is 0 Å². The summed E-state index contributed by atoms with van der Waals surface area (Å²) in [6.07, 6.45) is 14.0. The minimum atomic E-state index is -0.0810. The number of carbonyl (C=O) groups is 2. The van der Waals surface area contributed by atoms with Gasteiger partial charge in [-0.15, -0.1) is 36.5 Å². The van der Waals surface area contributed by atoms with Crippen molar-refractivity contribution in [3.8, 4) is 0 Å². The zero-order valence-electron chi connectivity index (χ0n) is 24.9. The Morgan fingerprint density at radius 2 is 1.43 bits per heavy atom. The van der Waals surface area contributed by atoms with Crippen molar-refractivity contribution in [2.45, 2.75) is 115 Å². The highest BCUT2D eigenvalue weighted by atomic mass is 31.1. The van der Waals surface area contributed by atoms with Crippen molar-refractivity contribution in [1.29, 1.82) is 0 Å². The van der Waals surface area contributed by atoms with E-state index in [1.807, 2.05) is 0 Å². The molecule has 0 aromatic heterocycles. The van der Waals surface area contributed by atoms with Crippen LogP contribution in [0.3, 0.4) is 0 Å². The molecule has 0 spiro atoms. The monoisotopic (exact) mass is 706 g/mol. The van der Waals surface area contributed by atoms with Gasteiger partial charge in [-0.25, -0.2) is 0 Å². The van der Waals surface area contributed by atoms with Crippen molar-refractivity contribution < 1.29 is 40.3 Å². The van der Waals surface area contributed by atoms with Gasteiger partial charge in [0.25, 0.3) is 0 Å². The summed E-state index contributed by atoms with van der Waals surface area (Å²) >= 11 is 0. The Morgan fingerprint density at radius 1 is 0.857 bits per heavy atom. The van der Waals surface area contributed by atoms with Crippen LogP contribution in [-0.4, -0.2) is 61.3 Å². The average molecular weight is 706 g/mol. The van der Waals surface area contributed by atoms with Gasteiger partial charge >= 0.3 is 24.6 Å². The number of hydrogen-bond acceptors (Lipinski definition) is 8. The third-order valence-corrected chi connectivity index (χ3v) is 10.2. The summed E-state index contributed by atoms with van der Waals surface area (Å²) in [5.74, 6) is 1.04. The van der Waals surface area contributed by atoms with Crippen LogP contribution in [0, 0.1) is 23.7 Å². The molecular formula is C26H54B2O8P6. The average Bonchev–Trinajstić information content (AvgIpc) is 3.63. The summed E-state index contributed by atoms with van der Waals surface area (Å²) in [5.41, 5.74) is 0. The molecule has 4 aliphatic rings. The van der Waals surface area contributed by atoms with Gasteiger partial charge in [0.2, 0.25) is 0 Å². The maximum absolute atomic E-state index is 11.5. The first kappa shape index (κ1) is 37.7. The van der Waals surface area contributed by atoms with Gasteiger partial charge in [-0.3, -0.25) is 9.59 Å². The Kier molecular flexibility index (Phi) is 17.2. The van der Waals surface area contributed by atoms with Crippen LogP contribution in [0.15, 0.2) is 12.2 Å². The van der Waals surface area contributed by atoms with E-state index in [-0.39, 0.29) is 76.0 Å². The number of esters is 2. The summed E-state index contributed by atoms with van der Waals surface area (Å²) in [4.78, 5) is 23.0. The van der Waals surface area contributed by atoms with Crippen LogP contribution in [0.4, 0.5) is 0 Å². The standard InChI is InChI=1S/C13H26BO4P3.C13H24BO4P3.2H2/c2*1-2-3-8(18-21)4-5-9-10-6-13(15)16-11(10)7-12(9)17-14(19)20;;/h8-12H,2-7,19-21H2,1H3;4-5,8-12H,2-3,6-7,19-21H2,1H3;2*1H/b;5-4+;;/t2*8-,9+,10+,11-,12+;;/m00../s1/i;;2*1+2. The van der Waals surface area contributed by atoms with E-state index >= 15 is 0 Å². The minimum Gasteiger partial charge on any atom is -0.462 e. The van der Waals surface area contributed by atoms with Gasteiger partial charge in [0.05, 0.1) is 31.2 Å². The topological polar surface area (TPSA) is 89.5 Å². The third-order valence-electron chi connectivity index (χ3n) is 8.79. The number of fused-ring (bicyclic) bond motifs is 2. The SMILES string of the molecule is CCC[C@@H](/C=C/[C@@H]1[C@H]2CC(=O)O[C@H]2C[C@H]1OB(P)P)OP.CCC[C@@H](CC[C@@H]1[C@H]2CC(=O)O[C@H]2C[C@H]1OB(P)P)OP.[3HH].[3HH]. The molecule has 2 aliphatic carbocycles. The van der Waals surface area contributed by atoms with Gasteiger partial charge in [0.15, 0.2) is 0 Å². The second kappa shape index (κ2) is 19.1. The van der Waals surface area contributed by atoms with Gasteiger partial charge < -0.3 is 27.8 Å². The Hall–Kier alpha value is 1.23. The lowest BCUT2D eigenvalue weighted by atomic mass is 9.86. The number of hydrogen-bond donors (Lipinski definition) is 0. The quantitative estimate of drug-likeness (QED) is 0.0902. The molecule has 4 rings (SSSR count). The lowest BCUT2D eigenvalue weighted by molar-refractivity contribution is -0.142. The van der Waals surface area contributed by atoms with Crippen molar-refractivity contribution in [1.82, 2.24) is 0 Å².